The van der Waals surface area contributed by atoms with E-state index in [0.29, 0.717) is 12.2 Å². The van der Waals surface area contributed by atoms with Gasteiger partial charge >= 0.3 is 6.18 Å². The van der Waals surface area contributed by atoms with E-state index < -0.39 is 18.5 Å². The predicted octanol–water partition coefficient (Wildman–Crippen LogP) is 3.88. The van der Waals surface area contributed by atoms with E-state index in [1.54, 1.807) is 13.8 Å². The molecule has 0 aromatic heterocycles. The minimum atomic E-state index is -4.32. The van der Waals surface area contributed by atoms with Crippen molar-refractivity contribution in [3.8, 4) is 0 Å². The van der Waals surface area contributed by atoms with Crippen molar-refractivity contribution in [2.24, 2.45) is 0 Å². The van der Waals surface area contributed by atoms with Crippen molar-refractivity contribution in [2.45, 2.75) is 33.0 Å². The number of rotatable bonds is 6. The molecule has 1 atom stereocenters. The Morgan fingerprint density at radius 3 is 2.40 bits per heavy atom. The highest BCUT2D eigenvalue weighted by atomic mass is 19.4. The van der Waals surface area contributed by atoms with Crippen molar-refractivity contribution in [1.82, 2.24) is 5.32 Å². The number of anilines is 1. The van der Waals surface area contributed by atoms with Crippen molar-refractivity contribution in [2.75, 3.05) is 24.5 Å². The highest BCUT2D eigenvalue weighted by molar-refractivity contribution is 5.55. The summed E-state index contributed by atoms with van der Waals surface area (Å²) in [6.07, 6.45) is -4.32. The number of nitrogens with zero attached hydrogens (tertiary/aromatic N) is 1. The highest BCUT2D eigenvalue weighted by Gasteiger charge is 2.31. The van der Waals surface area contributed by atoms with Gasteiger partial charge in [0.05, 0.1) is 0 Å². The molecule has 0 heterocycles. The molecule has 0 spiro atoms. The average molecular weight is 292 g/mol. The summed E-state index contributed by atoms with van der Waals surface area (Å²) in [7, 11) is 0. The third kappa shape index (κ3) is 4.37. The zero-order valence-electron chi connectivity index (χ0n) is 11.9. The molecule has 0 saturated carbocycles. The number of nitrogens with one attached hydrogen (secondary N) is 1. The Morgan fingerprint density at radius 1 is 1.25 bits per heavy atom. The van der Waals surface area contributed by atoms with E-state index in [2.05, 4.69) is 5.32 Å². The van der Waals surface area contributed by atoms with Crippen molar-refractivity contribution >= 4 is 5.69 Å². The molecule has 1 aromatic carbocycles. The summed E-state index contributed by atoms with van der Waals surface area (Å²) in [4.78, 5) is 1.15. The van der Waals surface area contributed by atoms with Crippen LogP contribution in [-0.2, 0) is 0 Å². The van der Waals surface area contributed by atoms with Crippen LogP contribution >= 0.6 is 0 Å². The summed E-state index contributed by atoms with van der Waals surface area (Å²) >= 11 is 0. The fraction of sp³-hybridized carbons (Fsp3) is 0.571. The molecule has 2 nitrogen and oxygen atoms in total. The summed E-state index contributed by atoms with van der Waals surface area (Å²) in [5, 5.41) is 3.04. The lowest BCUT2D eigenvalue weighted by Gasteiger charge is -2.29. The molecule has 0 aliphatic heterocycles. The molecule has 1 aromatic rings. The van der Waals surface area contributed by atoms with Gasteiger partial charge in [-0.25, -0.2) is 4.39 Å². The second-order valence-electron chi connectivity index (χ2n) is 4.58. The maximum Gasteiger partial charge on any atom is 0.405 e. The molecule has 0 saturated heterocycles. The first-order valence-corrected chi connectivity index (χ1v) is 6.63. The van der Waals surface area contributed by atoms with Gasteiger partial charge in [-0.3, -0.25) is 0 Å². The van der Waals surface area contributed by atoms with Gasteiger partial charge < -0.3 is 10.2 Å². The molecular formula is C14H20F4N2. The van der Waals surface area contributed by atoms with E-state index in [0.717, 1.165) is 4.90 Å². The van der Waals surface area contributed by atoms with Crippen LogP contribution in [0.4, 0.5) is 23.2 Å². The van der Waals surface area contributed by atoms with Gasteiger partial charge in [-0.15, -0.1) is 0 Å². The van der Waals surface area contributed by atoms with E-state index in [-0.39, 0.29) is 18.2 Å². The van der Waals surface area contributed by atoms with Crippen LogP contribution < -0.4 is 10.2 Å². The molecule has 1 rings (SSSR count). The first-order chi connectivity index (χ1) is 9.30. The van der Waals surface area contributed by atoms with Gasteiger partial charge in [-0.1, -0.05) is 13.0 Å². The second-order valence-corrected chi connectivity index (χ2v) is 4.58. The Balaban J connectivity index is 3.18. The molecule has 6 heteroatoms. The van der Waals surface area contributed by atoms with Crippen LogP contribution in [0.2, 0.25) is 0 Å². The first-order valence-electron chi connectivity index (χ1n) is 6.63. The first kappa shape index (κ1) is 16.8. The Bertz CT molecular complexity index is 432. The Kier molecular flexibility index (Phi) is 5.80. The molecule has 114 valence electrons. The zero-order chi connectivity index (χ0) is 15.3. The SMILES string of the molecule is CCNC(C)c1c(F)cccc1N(CC)CC(F)(F)F. The number of hydrogen-bond acceptors (Lipinski definition) is 2. The fourth-order valence-electron chi connectivity index (χ4n) is 2.22. The van der Waals surface area contributed by atoms with Crippen molar-refractivity contribution in [1.29, 1.82) is 0 Å². The van der Waals surface area contributed by atoms with Crippen LogP contribution in [0.15, 0.2) is 18.2 Å². The lowest BCUT2D eigenvalue weighted by Crippen LogP contribution is -2.35. The largest absolute Gasteiger partial charge is 0.405 e. The lowest BCUT2D eigenvalue weighted by molar-refractivity contribution is -0.119. The molecule has 1 N–H and O–H groups in total. The quantitative estimate of drug-likeness (QED) is 0.800. The second kappa shape index (κ2) is 6.92. The van der Waals surface area contributed by atoms with Gasteiger partial charge in [0.15, 0.2) is 0 Å². The summed E-state index contributed by atoms with van der Waals surface area (Å²) in [5.41, 5.74) is 0.568. The van der Waals surface area contributed by atoms with E-state index in [4.69, 9.17) is 0 Å². The van der Waals surface area contributed by atoms with Crippen molar-refractivity contribution in [3.05, 3.63) is 29.6 Å². The smallest absolute Gasteiger partial charge is 0.363 e. The third-order valence-corrected chi connectivity index (χ3v) is 3.07. The maximum absolute atomic E-state index is 14.0. The van der Waals surface area contributed by atoms with Crippen LogP contribution in [0.5, 0.6) is 0 Å². The number of alkyl halides is 3. The molecule has 20 heavy (non-hydrogen) atoms. The minimum Gasteiger partial charge on any atom is -0.363 e. The predicted molar refractivity (Wildman–Crippen MR) is 72.4 cm³/mol. The zero-order valence-corrected chi connectivity index (χ0v) is 11.9. The van der Waals surface area contributed by atoms with E-state index in [1.165, 1.54) is 18.2 Å². The maximum atomic E-state index is 14.0. The van der Waals surface area contributed by atoms with E-state index in [1.807, 2.05) is 6.92 Å². The summed E-state index contributed by atoms with van der Waals surface area (Å²) in [6, 6.07) is 3.89. The summed E-state index contributed by atoms with van der Waals surface area (Å²) in [5.74, 6) is -0.489. The molecule has 0 bridgehead atoms. The standard InChI is InChI=1S/C14H20F4N2/c1-4-19-10(3)13-11(15)7-6-8-12(13)20(5-2)9-14(16,17)18/h6-8,10,19H,4-5,9H2,1-3H3. The van der Waals surface area contributed by atoms with Crippen LogP contribution in [0.1, 0.15) is 32.4 Å². The van der Waals surface area contributed by atoms with E-state index >= 15 is 0 Å². The Morgan fingerprint density at radius 2 is 1.90 bits per heavy atom. The van der Waals surface area contributed by atoms with Crippen LogP contribution in [0, 0.1) is 5.82 Å². The van der Waals surface area contributed by atoms with Gasteiger partial charge in [0, 0.05) is 23.8 Å². The Hall–Kier alpha value is -1.30. The van der Waals surface area contributed by atoms with Crippen molar-refractivity contribution in [3.63, 3.8) is 0 Å². The molecule has 0 aliphatic rings. The van der Waals surface area contributed by atoms with Crippen LogP contribution in [0.25, 0.3) is 0 Å². The summed E-state index contributed by atoms with van der Waals surface area (Å²) in [6.45, 7) is 4.92. The molecule has 1 unspecified atom stereocenters. The number of halogens is 4. The number of benzene rings is 1. The fourth-order valence-corrected chi connectivity index (χ4v) is 2.22. The van der Waals surface area contributed by atoms with E-state index in [9.17, 15) is 17.6 Å². The average Bonchev–Trinajstić information content (AvgIpc) is 2.34. The molecule has 0 fully saturated rings. The van der Waals surface area contributed by atoms with Gasteiger partial charge in [0.2, 0.25) is 0 Å². The Labute approximate surface area is 116 Å². The van der Waals surface area contributed by atoms with Gasteiger partial charge in [0.25, 0.3) is 0 Å². The minimum absolute atomic E-state index is 0.162. The van der Waals surface area contributed by atoms with Gasteiger partial charge in [-0.2, -0.15) is 13.2 Å². The molecule has 0 radical (unpaired) electrons. The topological polar surface area (TPSA) is 15.3 Å². The highest BCUT2D eigenvalue weighted by Crippen LogP contribution is 2.31. The van der Waals surface area contributed by atoms with Gasteiger partial charge in [-0.05, 0) is 32.5 Å². The van der Waals surface area contributed by atoms with Crippen LogP contribution in [-0.4, -0.2) is 25.8 Å². The van der Waals surface area contributed by atoms with Gasteiger partial charge in [0.1, 0.15) is 12.4 Å². The third-order valence-electron chi connectivity index (χ3n) is 3.07. The number of hydrogen-bond donors (Lipinski definition) is 1. The molecular weight excluding hydrogens is 272 g/mol. The van der Waals surface area contributed by atoms with Crippen molar-refractivity contribution < 1.29 is 17.6 Å². The molecule has 0 amide bonds. The van der Waals surface area contributed by atoms with Crippen LogP contribution in [0.3, 0.4) is 0 Å². The summed E-state index contributed by atoms with van der Waals surface area (Å²) < 4.78 is 51.8. The monoisotopic (exact) mass is 292 g/mol. The lowest BCUT2D eigenvalue weighted by atomic mass is 10.0. The normalized spacial score (nSPS) is 13.3. The molecule has 0 aliphatic carbocycles.